The minimum absolute atomic E-state index is 0.453. The van der Waals surface area contributed by atoms with Crippen LogP contribution in [-0.4, -0.2) is 31.1 Å². The summed E-state index contributed by atoms with van der Waals surface area (Å²) in [7, 11) is 0. The summed E-state index contributed by atoms with van der Waals surface area (Å²) in [4.78, 5) is 2.54. The molecule has 0 radical (unpaired) electrons. The molecule has 0 aromatic carbocycles. The Hall–Kier alpha value is -0.0800. The second kappa shape index (κ2) is 7.24. The number of nitrogens with two attached hydrogens (primary N) is 1. The van der Waals surface area contributed by atoms with Gasteiger partial charge in [-0.05, 0) is 50.9 Å². The molecule has 2 N–H and O–H groups in total. The summed E-state index contributed by atoms with van der Waals surface area (Å²) >= 11 is 0. The molecule has 0 aromatic rings. The summed E-state index contributed by atoms with van der Waals surface area (Å²) in [5, 5.41) is 0. The molecule has 14 heavy (non-hydrogen) atoms. The average Bonchev–Trinajstić information content (AvgIpc) is 2.08. The highest BCUT2D eigenvalue weighted by molar-refractivity contribution is 4.66. The molecule has 0 rings (SSSR count). The fourth-order valence-corrected chi connectivity index (χ4v) is 1.46. The number of hydrogen-bond donors (Lipinski definition) is 1. The monoisotopic (exact) mass is 200 g/mol. The number of nitrogens with zero attached hydrogens (tertiary/aromatic N) is 1. The summed E-state index contributed by atoms with van der Waals surface area (Å²) in [6.45, 7) is 13.6. The second-order valence-corrected chi connectivity index (χ2v) is 5.29. The van der Waals surface area contributed by atoms with Gasteiger partial charge in [-0.2, -0.15) is 0 Å². The van der Waals surface area contributed by atoms with Gasteiger partial charge in [0.15, 0.2) is 0 Å². The lowest BCUT2D eigenvalue weighted by atomic mass is 9.92. The third-order valence-electron chi connectivity index (χ3n) is 2.40. The molecule has 0 aliphatic heterocycles. The molecule has 0 unspecified atom stereocenters. The van der Waals surface area contributed by atoms with Crippen LogP contribution in [0, 0.1) is 5.41 Å². The molecule has 0 aromatic heterocycles. The third-order valence-corrected chi connectivity index (χ3v) is 2.40. The average molecular weight is 200 g/mol. The summed E-state index contributed by atoms with van der Waals surface area (Å²) in [6, 6.07) is 0. The molecule has 2 heteroatoms. The van der Waals surface area contributed by atoms with Crippen molar-refractivity contribution in [2.24, 2.45) is 11.1 Å². The van der Waals surface area contributed by atoms with Crippen LogP contribution >= 0.6 is 0 Å². The molecule has 0 heterocycles. The smallest absolute Gasteiger partial charge is 0.000672 e. The van der Waals surface area contributed by atoms with Gasteiger partial charge in [0.25, 0.3) is 0 Å². The molecule has 0 amide bonds. The lowest BCUT2D eigenvalue weighted by Gasteiger charge is -2.26. The van der Waals surface area contributed by atoms with Crippen molar-refractivity contribution in [3.63, 3.8) is 0 Å². The zero-order valence-electron chi connectivity index (χ0n) is 10.5. The van der Waals surface area contributed by atoms with Gasteiger partial charge >= 0.3 is 0 Å². The fourth-order valence-electron chi connectivity index (χ4n) is 1.46. The van der Waals surface area contributed by atoms with Crippen molar-refractivity contribution < 1.29 is 0 Å². The Morgan fingerprint density at radius 2 is 1.71 bits per heavy atom. The molecular formula is C12H28N2. The lowest BCUT2D eigenvalue weighted by molar-refractivity contribution is 0.226. The molecule has 0 saturated heterocycles. The van der Waals surface area contributed by atoms with E-state index in [4.69, 9.17) is 5.73 Å². The Morgan fingerprint density at radius 3 is 2.14 bits per heavy atom. The van der Waals surface area contributed by atoms with Crippen molar-refractivity contribution >= 4 is 0 Å². The predicted molar refractivity (Wildman–Crippen MR) is 64.5 cm³/mol. The van der Waals surface area contributed by atoms with Crippen LogP contribution < -0.4 is 5.73 Å². The highest BCUT2D eigenvalue weighted by Gasteiger charge is 2.12. The van der Waals surface area contributed by atoms with Gasteiger partial charge < -0.3 is 10.6 Å². The normalized spacial score (nSPS) is 12.4. The first-order valence-corrected chi connectivity index (χ1v) is 5.92. The molecule has 0 aliphatic rings. The van der Waals surface area contributed by atoms with Gasteiger partial charge in [0.05, 0.1) is 0 Å². The molecule has 86 valence electrons. The molecule has 0 saturated carbocycles. The van der Waals surface area contributed by atoms with Crippen molar-refractivity contribution in [2.45, 2.75) is 47.0 Å². The van der Waals surface area contributed by atoms with Crippen molar-refractivity contribution in [1.82, 2.24) is 4.90 Å². The Kier molecular flexibility index (Phi) is 7.20. The van der Waals surface area contributed by atoms with E-state index >= 15 is 0 Å². The van der Waals surface area contributed by atoms with Crippen LogP contribution in [0.1, 0.15) is 47.0 Å². The fraction of sp³-hybridized carbons (Fsp3) is 1.00. The van der Waals surface area contributed by atoms with Crippen LogP contribution in [0.25, 0.3) is 0 Å². The van der Waals surface area contributed by atoms with Crippen LogP contribution in [0.5, 0.6) is 0 Å². The first kappa shape index (κ1) is 13.9. The van der Waals surface area contributed by atoms with Gasteiger partial charge in [-0.15, -0.1) is 0 Å². The van der Waals surface area contributed by atoms with Crippen molar-refractivity contribution in [2.75, 3.05) is 26.2 Å². The van der Waals surface area contributed by atoms with Gasteiger partial charge in [-0.1, -0.05) is 27.7 Å². The summed E-state index contributed by atoms with van der Waals surface area (Å²) < 4.78 is 0. The number of hydrogen-bond acceptors (Lipinski definition) is 2. The van der Waals surface area contributed by atoms with Gasteiger partial charge in [0.1, 0.15) is 0 Å². The van der Waals surface area contributed by atoms with E-state index in [-0.39, 0.29) is 0 Å². The predicted octanol–water partition coefficient (Wildman–Crippen LogP) is 2.48. The standard InChI is InChI=1S/C12H28N2/c1-5-9-14(10-6-8-13)11-7-12(2,3)4/h5-11,13H2,1-4H3. The van der Waals surface area contributed by atoms with Crippen LogP contribution in [-0.2, 0) is 0 Å². The topological polar surface area (TPSA) is 29.3 Å². The highest BCUT2D eigenvalue weighted by atomic mass is 15.1. The van der Waals surface area contributed by atoms with E-state index in [0.29, 0.717) is 5.41 Å². The van der Waals surface area contributed by atoms with Crippen molar-refractivity contribution in [3.05, 3.63) is 0 Å². The molecular weight excluding hydrogens is 172 g/mol. The third kappa shape index (κ3) is 8.52. The second-order valence-electron chi connectivity index (χ2n) is 5.29. The van der Waals surface area contributed by atoms with Crippen LogP contribution in [0.3, 0.4) is 0 Å². The molecule has 0 bridgehead atoms. The van der Waals surface area contributed by atoms with Crippen LogP contribution in [0.4, 0.5) is 0 Å². The van der Waals surface area contributed by atoms with E-state index < -0.39 is 0 Å². The summed E-state index contributed by atoms with van der Waals surface area (Å²) in [5.41, 5.74) is 5.98. The molecule has 0 aliphatic carbocycles. The minimum atomic E-state index is 0.453. The van der Waals surface area contributed by atoms with E-state index in [1.807, 2.05) is 0 Å². The van der Waals surface area contributed by atoms with Crippen LogP contribution in [0.15, 0.2) is 0 Å². The highest BCUT2D eigenvalue weighted by Crippen LogP contribution is 2.18. The Labute approximate surface area is 89.9 Å². The number of rotatable bonds is 7. The first-order chi connectivity index (χ1) is 6.49. The van der Waals surface area contributed by atoms with Gasteiger partial charge in [-0.25, -0.2) is 0 Å². The largest absolute Gasteiger partial charge is 0.330 e. The van der Waals surface area contributed by atoms with Crippen LogP contribution in [0.2, 0.25) is 0 Å². The van der Waals surface area contributed by atoms with E-state index in [0.717, 1.165) is 13.0 Å². The van der Waals surface area contributed by atoms with E-state index in [1.54, 1.807) is 0 Å². The van der Waals surface area contributed by atoms with Gasteiger partial charge in [-0.3, -0.25) is 0 Å². The molecule has 0 atom stereocenters. The maximum absolute atomic E-state index is 5.53. The Balaban J connectivity index is 3.72. The van der Waals surface area contributed by atoms with Crippen molar-refractivity contribution in [3.8, 4) is 0 Å². The van der Waals surface area contributed by atoms with E-state index in [1.165, 1.54) is 32.5 Å². The molecule has 0 fully saturated rings. The quantitative estimate of drug-likeness (QED) is 0.684. The summed E-state index contributed by atoms with van der Waals surface area (Å²) in [6.07, 6.45) is 3.65. The zero-order chi connectivity index (χ0) is 11.0. The molecule has 0 spiro atoms. The zero-order valence-corrected chi connectivity index (χ0v) is 10.5. The minimum Gasteiger partial charge on any atom is -0.330 e. The Bertz CT molecular complexity index is 127. The van der Waals surface area contributed by atoms with E-state index in [9.17, 15) is 0 Å². The lowest BCUT2D eigenvalue weighted by Crippen LogP contribution is -2.30. The SMILES string of the molecule is CCCN(CCCN)CCC(C)(C)C. The maximum atomic E-state index is 5.53. The summed E-state index contributed by atoms with van der Waals surface area (Å²) in [5.74, 6) is 0. The first-order valence-electron chi connectivity index (χ1n) is 5.92. The van der Waals surface area contributed by atoms with Gasteiger partial charge in [0, 0.05) is 0 Å². The Morgan fingerprint density at radius 1 is 1.07 bits per heavy atom. The van der Waals surface area contributed by atoms with E-state index in [2.05, 4.69) is 32.6 Å². The molecule has 2 nitrogen and oxygen atoms in total. The van der Waals surface area contributed by atoms with Crippen molar-refractivity contribution in [1.29, 1.82) is 0 Å². The maximum Gasteiger partial charge on any atom is -0.000672 e. The van der Waals surface area contributed by atoms with Gasteiger partial charge in [0.2, 0.25) is 0 Å².